The van der Waals surface area contributed by atoms with Crippen molar-refractivity contribution in [1.82, 2.24) is 15.1 Å². The van der Waals surface area contributed by atoms with Gasteiger partial charge in [0.25, 0.3) is 5.56 Å². The second kappa shape index (κ2) is 7.04. The van der Waals surface area contributed by atoms with E-state index >= 15 is 0 Å². The van der Waals surface area contributed by atoms with Gasteiger partial charge in [-0.05, 0) is 30.7 Å². The number of halogens is 1. The van der Waals surface area contributed by atoms with E-state index in [1.165, 1.54) is 10.7 Å². The van der Waals surface area contributed by atoms with E-state index in [2.05, 4.69) is 10.4 Å². The van der Waals surface area contributed by atoms with Gasteiger partial charge in [0.2, 0.25) is 5.91 Å². The summed E-state index contributed by atoms with van der Waals surface area (Å²) in [5.74, 6) is -0.0991. The molecule has 2 rings (SSSR count). The summed E-state index contributed by atoms with van der Waals surface area (Å²) in [6, 6.07) is 10.3. The first-order chi connectivity index (χ1) is 10.0. The molecular formula is C15H16ClN3O2. The van der Waals surface area contributed by atoms with Gasteiger partial charge >= 0.3 is 0 Å². The van der Waals surface area contributed by atoms with Crippen LogP contribution in [0.4, 0.5) is 0 Å². The highest BCUT2D eigenvalue weighted by molar-refractivity contribution is 6.30. The van der Waals surface area contributed by atoms with Crippen molar-refractivity contribution in [3.05, 3.63) is 63.0 Å². The fourth-order valence-electron chi connectivity index (χ4n) is 1.86. The Morgan fingerprint density at radius 2 is 1.95 bits per heavy atom. The van der Waals surface area contributed by atoms with E-state index in [4.69, 9.17) is 11.6 Å². The molecule has 6 heteroatoms. The van der Waals surface area contributed by atoms with E-state index in [0.717, 1.165) is 11.3 Å². The van der Waals surface area contributed by atoms with Crippen LogP contribution >= 0.6 is 11.6 Å². The van der Waals surface area contributed by atoms with Gasteiger partial charge in [-0.2, -0.15) is 5.10 Å². The fraction of sp³-hybridized carbons (Fsp3) is 0.267. The van der Waals surface area contributed by atoms with Gasteiger partial charge in [-0.3, -0.25) is 9.59 Å². The smallest absolute Gasteiger partial charge is 0.266 e. The number of nitrogens with one attached hydrogen (secondary N) is 1. The number of hydrogen-bond donors (Lipinski definition) is 1. The number of carbonyl (C=O) groups excluding carboxylic acids is 1. The molecule has 0 aliphatic carbocycles. The molecule has 0 aliphatic heterocycles. The standard InChI is InChI=1S/C15H16ClN3O2/c1-11-2-7-15(21)19(18-11)9-8-17-14(20)10-12-3-5-13(16)6-4-12/h2-7H,8-10H2,1H3,(H,17,20). The number of rotatable bonds is 5. The zero-order chi connectivity index (χ0) is 15.2. The Kier molecular flexibility index (Phi) is 5.11. The largest absolute Gasteiger partial charge is 0.354 e. The third-order valence-electron chi connectivity index (χ3n) is 2.92. The second-order valence-electron chi connectivity index (χ2n) is 4.69. The molecule has 1 heterocycles. The highest BCUT2D eigenvalue weighted by Crippen LogP contribution is 2.09. The molecule has 1 N–H and O–H groups in total. The van der Waals surface area contributed by atoms with Crippen LogP contribution in [0.3, 0.4) is 0 Å². The Morgan fingerprint density at radius 1 is 1.24 bits per heavy atom. The molecule has 1 amide bonds. The number of nitrogens with zero attached hydrogens (tertiary/aromatic N) is 2. The zero-order valence-corrected chi connectivity index (χ0v) is 12.4. The summed E-state index contributed by atoms with van der Waals surface area (Å²) >= 11 is 5.79. The Labute approximate surface area is 127 Å². The lowest BCUT2D eigenvalue weighted by atomic mass is 10.1. The average molecular weight is 306 g/mol. The molecule has 0 fully saturated rings. The zero-order valence-electron chi connectivity index (χ0n) is 11.7. The van der Waals surface area contributed by atoms with E-state index < -0.39 is 0 Å². The number of carbonyl (C=O) groups is 1. The Hall–Kier alpha value is -2.14. The van der Waals surface area contributed by atoms with Gasteiger partial charge in [0.05, 0.1) is 18.7 Å². The summed E-state index contributed by atoms with van der Waals surface area (Å²) in [7, 11) is 0. The molecule has 0 bridgehead atoms. The first kappa shape index (κ1) is 15.3. The normalized spacial score (nSPS) is 10.4. The van der Waals surface area contributed by atoms with Crippen molar-refractivity contribution < 1.29 is 4.79 Å². The summed E-state index contributed by atoms with van der Waals surface area (Å²) < 4.78 is 1.35. The number of aromatic nitrogens is 2. The predicted octanol–water partition coefficient (Wildman–Crippen LogP) is 1.56. The number of benzene rings is 1. The molecular weight excluding hydrogens is 290 g/mol. The third-order valence-corrected chi connectivity index (χ3v) is 3.18. The van der Waals surface area contributed by atoms with Crippen molar-refractivity contribution in [1.29, 1.82) is 0 Å². The first-order valence-electron chi connectivity index (χ1n) is 6.60. The Bertz CT molecular complexity index is 680. The van der Waals surface area contributed by atoms with Crippen LogP contribution < -0.4 is 10.9 Å². The van der Waals surface area contributed by atoms with Gasteiger partial charge in [0.15, 0.2) is 0 Å². The monoisotopic (exact) mass is 305 g/mol. The Morgan fingerprint density at radius 3 is 2.67 bits per heavy atom. The van der Waals surface area contributed by atoms with E-state index in [1.807, 2.05) is 19.1 Å². The molecule has 0 atom stereocenters. The van der Waals surface area contributed by atoms with E-state index in [0.29, 0.717) is 18.1 Å². The van der Waals surface area contributed by atoms with Crippen molar-refractivity contribution in [3.8, 4) is 0 Å². The van der Waals surface area contributed by atoms with Gasteiger partial charge in [-0.25, -0.2) is 4.68 Å². The maximum atomic E-state index is 11.8. The minimum absolute atomic E-state index is 0.0991. The van der Waals surface area contributed by atoms with Gasteiger partial charge in [-0.1, -0.05) is 23.7 Å². The van der Waals surface area contributed by atoms with Gasteiger partial charge in [0, 0.05) is 17.6 Å². The minimum atomic E-state index is -0.174. The van der Waals surface area contributed by atoms with E-state index in [9.17, 15) is 9.59 Å². The number of hydrogen-bond acceptors (Lipinski definition) is 3. The summed E-state index contributed by atoms with van der Waals surface area (Å²) in [4.78, 5) is 23.3. The summed E-state index contributed by atoms with van der Waals surface area (Å²) in [5, 5.41) is 7.51. The van der Waals surface area contributed by atoms with Crippen molar-refractivity contribution in [2.45, 2.75) is 19.9 Å². The minimum Gasteiger partial charge on any atom is -0.354 e. The average Bonchev–Trinajstić information content (AvgIpc) is 2.45. The van der Waals surface area contributed by atoms with Gasteiger partial charge in [0.1, 0.15) is 0 Å². The molecule has 0 unspecified atom stereocenters. The number of aryl methyl sites for hydroxylation is 1. The van der Waals surface area contributed by atoms with E-state index in [1.54, 1.807) is 18.2 Å². The van der Waals surface area contributed by atoms with Crippen LogP contribution in [0.5, 0.6) is 0 Å². The lowest BCUT2D eigenvalue weighted by Crippen LogP contribution is -2.32. The van der Waals surface area contributed by atoms with Crippen molar-refractivity contribution in [3.63, 3.8) is 0 Å². The highest BCUT2D eigenvalue weighted by atomic mass is 35.5. The van der Waals surface area contributed by atoms with Crippen LogP contribution in [0, 0.1) is 6.92 Å². The summed E-state index contributed by atoms with van der Waals surface area (Å²) in [6.07, 6.45) is 0.285. The van der Waals surface area contributed by atoms with Crippen molar-refractivity contribution in [2.75, 3.05) is 6.54 Å². The van der Waals surface area contributed by atoms with Crippen molar-refractivity contribution in [2.24, 2.45) is 0 Å². The molecule has 2 aromatic rings. The lowest BCUT2D eigenvalue weighted by Gasteiger charge is -2.07. The quantitative estimate of drug-likeness (QED) is 0.912. The summed E-state index contributed by atoms with van der Waals surface area (Å²) in [5.41, 5.74) is 1.48. The van der Waals surface area contributed by atoms with Crippen LogP contribution in [0.15, 0.2) is 41.2 Å². The SMILES string of the molecule is Cc1ccc(=O)n(CCNC(=O)Cc2ccc(Cl)cc2)n1. The highest BCUT2D eigenvalue weighted by Gasteiger charge is 2.04. The molecule has 110 valence electrons. The van der Waals surface area contributed by atoms with Crippen molar-refractivity contribution >= 4 is 17.5 Å². The Balaban J connectivity index is 1.83. The molecule has 0 aliphatic rings. The first-order valence-corrected chi connectivity index (χ1v) is 6.98. The summed E-state index contributed by atoms with van der Waals surface area (Å²) in [6.45, 7) is 2.53. The maximum Gasteiger partial charge on any atom is 0.266 e. The van der Waals surface area contributed by atoms with Crippen LogP contribution in [0.25, 0.3) is 0 Å². The van der Waals surface area contributed by atoms with Gasteiger partial charge in [-0.15, -0.1) is 0 Å². The van der Waals surface area contributed by atoms with Crippen LogP contribution in [0.2, 0.25) is 5.02 Å². The fourth-order valence-corrected chi connectivity index (χ4v) is 1.99. The predicted molar refractivity (Wildman–Crippen MR) is 81.4 cm³/mol. The molecule has 0 radical (unpaired) electrons. The van der Waals surface area contributed by atoms with Gasteiger partial charge < -0.3 is 5.32 Å². The molecule has 21 heavy (non-hydrogen) atoms. The van der Waals surface area contributed by atoms with Crippen LogP contribution in [0.1, 0.15) is 11.3 Å². The molecule has 0 saturated heterocycles. The lowest BCUT2D eigenvalue weighted by molar-refractivity contribution is -0.120. The number of amides is 1. The molecule has 1 aromatic heterocycles. The molecule has 0 saturated carbocycles. The molecule has 0 spiro atoms. The van der Waals surface area contributed by atoms with E-state index in [-0.39, 0.29) is 17.9 Å². The van der Waals surface area contributed by atoms with Crippen LogP contribution in [-0.4, -0.2) is 22.2 Å². The van der Waals surface area contributed by atoms with Crippen LogP contribution in [-0.2, 0) is 17.8 Å². The molecule has 1 aromatic carbocycles. The maximum absolute atomic E-state index is 11.8. The molecule has 5 nitrogen and oxygen atoms in total. The second-order valence-corrected chi connectivity index (χ2v) is 5.13. The third kappa shape index (κ3) is 4.72. The topological polar surface area (TPSA) is 64.0 Å².